The van der Waals surface area contributed by atoms with Gasteiger partial charge in [0.25, 0.3) is 15.9 Å². The molecule has 0 aromatic heterocycles. The van der Waals surface area contributed by atoms with Gasteiger partial charge in [-0.2, -0.15) is 0 Å². The van der Waals surface area contributed by atoms with E-state index in [1.165, 1.54) is 27.4 Å². The molecule has 5 nitrogen and oxygen atoms in total. The average molecular weight is 455 g/mol. The van der Waals surface area contributed by atoms with Crippen LogP contribution in [0.5, 0.6) is 0 Å². The Morgan fingerprint density at radius 3 is 2.35 bits per heavy atom. The maximum Gasteiger partial charge on any atom is 0.264 e. The fourth-order valence-corrected chi connectivity index (χ4v) is 4.88. The van der Waals surface area contributed by atoms with E-state index in [0.29, 0.717) is 16.4 Å². The molecule has 0 saturated carbocycles. The summed E-state index contributed by atoms with van der Waals surface area (Å²) in [7, 11) is -2.33. The zero-order valence-electron chi connectivity index (χ0n) is 17.3. The SMILES string of the molecule is C=CCN(c1ccccc1Cl)S(=O)(=O)c1cccc(C(=O)N(C)c2ccc(C)cc2)c1. The smallest absolute Gasteiger partial charge is 0.264 e. The van der Waals surface area contributed by atoms with E-state index < -0.39 is 10.0 Å². The quantitative estimate of drug-likeness (QED) is 0.455. The lowest BCUT2D eigenvalue weighted by molar-refractivity contribution is 0.0993. The summed E-state index contributed by atoms with van der Waals surface area (Å²) in [5.41, 5.74) is 2.41. The molecular weight excluding hydrogens is 432 g/mol. The summed E-state index contributed by atoms with van der Waals surface area (Å²) in [6.07, 6.45) is 1.49. The second kappa shape index (κ2) is 9.37. The molecule has 0 saturated heterocycles. The van der Waals surface area contributed by atoms with E-state index in [0.717, 1.165) is 5.56 Å². The highest BCUT2D eigenvalue weighted by Gasteiger charge is 2.27. The molecule has 0 aliphatic rings. The van der Waals surface area contributed by atoms with E-state index in [2.05, 4.69) is 6.58 Å². The van der Waals surface area contributed by atoms with Crippen molar-refractivity contribution in [2.45, 2.75) is 11.8 Å². The number of benzene rings is 3. The molecule has 0 unspecified atom stereocenters. The normalized spacial score (nSPS) is 11.1. The first kappa shape index (κ1) is 22.6. The number of amides is 1. The molecule has 0 N–H and O–H groups in total. The van der Waals surface area contributed by atoms with E-state index in [4.69, 9.17) is 11.6 Å². The Hall–Kier alpha value is -3.09. The minimum Gasteiger partial charge on any atom is -0.311 e. The van der Waals surface area contributed by atoms with Crippen molar-refractivity contribution in [3.05, 3.63) is 102 Å². The highest BCUT2D eigenvalue weighted by atomic mass is 35.5. The monoisotopic (exact) mass is 454 g/mol. The second-order valence-electron chi connectivity index (χ2n) is 7.00. The van der Waals surface area contributed by atoms with Gasteiger partial charge in [-0.15, -0.1) is 6.58 Å². The molecular formula is C24H23ClN2O3S. The molecule has 0 spiro atoms. The third kappa shape index (κ3) is 4.81. The first-order valence-electron chi connectivity index (χ1n) is 9.58. The number of anilines is 2. The van der Waals surface area contributed by atoms with Crippen molar-refractivity contribution < 1.29 is 13.2 Å². The third-order valence-electron chi connectivity index (χ3n) is 4.81. The van der Waals surface area contributed by atoms with Crippen LogP contribution in [-0.4, -0.2) is 27.9 Å². The number of rotatable bonds is 7. The van der Waals surface area contributed by atoms with Gasteiger partial charge in [-0.05, 0) is 49.4 Å². The maximum absolute atomic E-state index is 13.4. The minimum atomic E-state index is -3.98. The molecule has 0 radical (unpaired) electrons. The molecule has 0 bridgehead atoms. The van der Waals surface area contributed by atoms with E-state index in [9.17, 15) is 13.2 Å². The largest absolute Gasteiger partial charge is 0.311 e. The van der Waals surface area contributed by atoms with E-state index in [1.54, 1.807) is 43.4 Å². The molecule has 0 heterocycles. The van der Waals surface area contributed by atoms with Crippen LogP contribution < -0.4 is 9.21 Å². The molecule has 1 amide bonds. The van der Waals surface area contributed by atoms with Gasteiger partial charge < -0.3 is 4.90 Å². The van der Waals surface area contributed by atoms with Gasteiger partial charge in [0.05, 0.1) is 22.2 Å². The predicted molar refractivity (Wildman–Crippen MR) is 127 cm³/mol. The maximum atomic E-state index is 13.4. The average Bonchev–Trinajstić information content (AvgIpc) is 2.77. The predicted octanol–water partition coefficient (Wildman–Crippen LogP) is 5.31. The fraction of sp³-hybridized carbons (Fsp3) is 0.125. The Morgan fingerprint density at radius 2 is 1.71 bits per heavy atom. The lowest BCUT2D eigenvalue weighted by Gasteiger charge is -2.24. The van der Waals surface area contributed by atoms with Crippen LogP contribution in [0.15, 0.2) is 90.3 Å². The lowest BCUT2D eigenvalue weighted by Crippen LogP contribution is -2.32. The van der Waals surface area contributed by atoms with E-state index in [1.807, 2.05) is 31.2 Å². The summed E-state index contributed by atoms with van der Waals surface area (Å²) in [6.45, 7) is 5.66. The Morgan fingerprint density at radius 1 is 1.03 bits per heavy atom. The van der Waals surface area contributed by atoms with Crippen LogP contribution in [0.25, 0.3) is 0 Å². The summed E-state index contributed by atoms with van der Waals surface area (Å²) in [6, 6.07) is 20.2. The summed E-state index contributed by atoms with van der Waals surface area (Å²) in [5.74, 6) is -0.311. The lowest BCUT2D eigenvalue weighted by atomic mass is 10.1. The van der Waals surface area contributed by atoms with Gasteiger partial charge in [0.2, 0.25) is 0 Å². The Kier molecular flexibility index (Phi) is 6.83. The van der Waals surface area contributed by atoms with Crippen LogP contribution >= 0.6 is 11.6 Å². The van der Waals surface area contributed by atoms with Crippen molar-refractivity contribution in [2.24, 2.45) is 0 Å². The van der Waals surface area contributed by atoms with Crippen molar-refractivity contribution in [2.75, 3.05) is 22.8 Å². The topological polar surface area (TPSA) is 57.7 Å². The van der Waals surface area contributed by atoms with Crippen molar-refractivity contribution in [1.82, 2.24) is 0 Å². The van der Waals surface area contributed by atoms with Gasteiger partial charge in [-0.3, -0.25) is 9.10 Å². The van der Waals surface area contributed by atoms with Gasteiger partial charge in [0.15, 0.2) is 0 Å². The molecule has 0 atom stereocenters. The molecule has 0 aliphatic heterocycles. The molecule has 160 valence electrons. The summed E-state index contributed by atoms with van der Waals surface area (Å²) in [4.78, 5) is 14.5. The Labute approximate surface area is 188 Å². The molecule has 0 aliphatic carbocycles. The van der Waals surface area contributed by atoms with Crippen LogP contribution in [0.3, 0.4) is 0 Å². The molecule has 31 heavy (non-hydrogen) atoms. The summed E-state index contributed by atoms with van der Waals surface area (Å²) >= 11 is 6.25. The fourth-order valence-electron chi connectivity index (χ4n) is 3.09. The molecule has 3 rings (SSSR count). The number of carbonyl (C=O) groups excluding carboxylic acids is 1. The number of nitrogens with zero attached hydrogens (tertiary/aromatic N) is 2. The minimum absolute atomic E-state index is 0.00238. The molecule has 3 aromatic carbocycles. The van der Waals surface area contributed by atoms with Crippen LogP contribution in [0, 0.1) is 6.92 Å². The number of aryl methyl sites for hydroxylation is 1. The standard InChI is InChI=1S/C24H23ClN2O3S/c1-4-16-27(23-11-6-5-10-22(23)25)31(29,30)21-9-7-8-19(17-21)24(28)26(3)20-14-12-18(2)13-15-20/h4-15,17H,1,16H2,2-3H3. The van der Waals surface area contributed by atoms with Crippen LogP contribution in [0.4, 0.5) is 11.4 Å². The van der Waals surface area contributed by atoms with Crippen molar-refractivity contribution >= 4 is 38.9 Å². The summed E-state index contributed by atoms with van der Waals surface area (Å²) in [5, 5.41) is 0.305. The van der Waals surface area contributed by atoms with Crippen molar-refractivity contribution in [3.63, 3.8) is 0 Å². The second-order valence-corrected chi connectivity index (χ2v) is 9.27. The molecule has 3 aromatic rings. The number of halogens is 1. The zero-order valence-corrected chi connectivity index (χ0v) is 18.9. The Bertz CT molecular complexity index is 1210. The number of carbonyl (C=O) groups is 1. The first-order chi connectivity index (χ1) is 14.8. The van der Waals surface area contributed by atoms with Gasteiger partial charge in [-0.1, -0.05) is 53.6 Å². The van der Waals surface area contributed by atoms with Gasteiger partial charge in [0, 0.05) is 18.3 Å². The summed E-state index contributed by atoms with van der Waals surface area (Å²) < 4.78 is 28.0. The van der Waals surface area contributed by atoms with Crippen molar-refractivity contribution in [3.8, 4) is 0 Å². The Balaban J connectivity index is 1.98. The van der Waals surface area contributed by atoms with Gasteiger partial charge in [-0.25, -0.2) is 8.42 Å². The number of hydrogen-bond acceptors (Lipinski definition) is 3. The van der Waals surface area contributed by atoms with Crippen LogP contribution in [-0.2, 0) is 10.0 Å². The van der Waals surface area contributed by atoms with Crippen molar-refractivity contribution in [1.29, 1.82) is 0 Å². The number of hydrogen-bond donors (Lipinski definition) is 0. The number of para-hydroxylation sites is 1. The van der Waals surface area contributed by atoms with Crippen LogP contribution in [0.1, 0.15) is 15.9 Å². The van der Waals surface area contributed by atoms with E-state index >= 15 is 0 Å². The third-order valence-corrected chi connectivity index (χ3v) is 6.91. The molecule has 7 heteroatoms. The van der Waals surface area contributed by atoms with Gasteiger partial charge in [0.1, 0.15) is 0 Å². The van der Waals surface area contributed by atoms with Crippen LogP contribution in [0.2, 0.25) is 5.02 Å². The van der Waals surface area contributed by atoms with Gasteiger partial charge >= 0.3 is 0 Å². The highest BCUT2D eigenvalue weighted by Crippen LogP contribution is 2.30. The number of sulfonamides is 1. The zero-order chi connectivity index (χ0) is 22.6. The first-order valence-corrected chi connectivity index (χ1v) is 11.4. The molecule has 0 fully saturated rings. The van der Waals surface area contributed by atoms with E-state index in [-0.39, 0.29) is 22.9 Å². The highest BCUT2D eigenvalue weighted by molar-refractivity contribution is 7.92.